The summed E-state index contributed by atoms with van der Waals surface area (Å²) in [6.45, 7) is 6.16. The van der Waals surface area contributed by atoms with Gasteiger partial charge in [0.2, 0.25) is 0 Å². The molecule has 0 rings (SSSR count). The summed E-state index contributed by atoms with van der Waals surface area (Å²) in [5, 5.41) is 0. The molecule has 0 fully saturated rings. The largest absolute Gasteiger partial charge is 0.329 e. The molecule has 0 aromatic carbocycles. The maximum atomic E-state index is 5.15. The van der Waals surface area contributed by atoms with Crippen LogP contribution in [0.3, 0.4) is 0 Å². The standard InChI is InChI=1S/C8H16N2/c1-4-7(2)5-6-8(3)10-9/h5-6,10H,4,9H2,1-3H3/b7-5-,8-6-. The Labute approximate surface area is 62.8 Å². The topological polar surface area (TPSA) is 38.0 Å². The molecule has 0 aliphatic heterocycles. The second-order valence-corrected chi connectivity index (χ2v) is 2.36. The third-order valence-corrected chi connectivity index (χ3v) is 1.40. The summed E-state index contributed by atoms with van der Waals surface area (Å²) in [6.07, 6.45) is 5.13. The Morgan fingerprint density at radius 2 is 2.00 bits per heavy atom. The van der Waals surface area contributed by atoms with Gasteiger partial charge in [-0.3, -0.25) is 5.84 Å². The fourth-order valence-corrected chi connectivity index (χ4v) is 0.433. The molecule has 0 radical (unpaired) electrons. The molecule has 0 aliphatic rings. The van der Waals surface area contributed by atoms with Gasteiger partial charge in [-0.1, -0.05) is 18.6 Å². The van der Waals surface area contributed by atoms with E-state index >= 15 is 0 Å². The van der Waals surface area contributed by atoms with E-state index in [0.717, 1.165) is 12.1 Å². The molecule has 0 spiro atoms. The zero-order valence-corrected chi connectivity index (χ0v) is 6.94. The highest BCUT2D eigenvalue weighted by Crippen LogP contribution is 1.98. The molecule has 0 saturated heterocycles. The first kappa shape index (κ1) is 9.24. The first-order valence-corrected chi connectivity index (χ1v) is 3.51. The number of nitrogens with one attached hydrogen (secondary N) is 1. The Morgan fingerprint density at radius 1 is 1.40 bits per heavy atom. The van der Waals surface area contributed by atoms with Crippen LogP contribution in [0.1, 0.15) is 27.2 Å². The molecule has 0 heterocycles. The molecule has 0 saturated carbocycles. The van der Waals surface area contributed by atoms with E-state index in [4.69, 9.17) is 5.84 Å². The van der Waals surface area contributed by atoms with E-state index in [1.165, 1.54) is 5.57 Å². The van der Waals surface area contributed by atoms with Gasteiger partial charge in [0, 0.05) is 5.70 Å². The molecule has 58 valence electrons. The van der Waals surface area contributed by atoms with Crippen molar-refractivity contribution in [2.24, 2.45) is 5.84 Å². The van der Waals surface area contributed by atoms with Crippen LogP contribution in [0.4, 0.5) is 0 Å². The van der Waals surface area contributed by atoms with Gasteiger partial charge < -0.3 is 5.43 Å². The van der Waals surface area contributed by atoms with Crippen molar-refractivity contribution in [2.75, 3.05) is 0 Å². The molecule has 0 aromatic rings. The molecule has 0 unspecified atom stereocenters. The monoisotopic (exact) mass is 140 g/mol. The van der Waals surface area contributed by atoms with Crippen molar-refractivity contribution in [2.45, 2.75) is 27.2 Å². The van der Waals surface area contributed by atoms with Gasteiger partial charge >= 0.3 is 0 Å². The summed E-state index contributed by atoms with van der Waals surface area (Å²) in [6, 6.07) is 0. The van der Waals surface area contributed by atoms with Crippen molar-refractivity contribution in [3.05, 3.63) is 23.4 Å². The molecular formula is C8H16N2. The van der Waals surface area contributed by atoms with Crippen molar-refractivity contribution < 1.29 is 0 Å². The van der Waals surface area contributed by atoms with Crippen molar-refractivity contribution in [3.8, 4) is 0 Å². The van der Waals surface area contributed by atoms with Crippen molar-refractivity contribution in [1.29, 1.82) is 0 Å². The van der Waals surface area contributed by atoms with Crippen molar-refractivity contribution in [3.63, 3.8) is 0 Å². The van der Waals surface area contributed by atoms with Crippen LogP contribution in [-0.2, 0) is 0 Å². The molecular weight excluding hydrogens is 124 g/mol. The van der Waals surface area contributed by atoms with Gasteiger partial charge in [0.25, 0.3) is 0 Å². The quantitative estimate of drug-likeness (QED) is 0.356. The van der Waals surface area contributed by atoms with Gasteiger partial charge in [-0.05, 0) is 26.3 Å². The predicted molar refractivity (Wildman–Crippen MR) is 45.1 cm³/mol. The van der Waals surface area contributed by atoms with Crippen LogP contribution in [-0.4, -0.2) is 0 Å². The van der Waals surface area contributed by atoms with E-state index in [1.54, 1.807) is 0 Å². The molecule has 0 atom stereocenters. The molecule has 0 aliphatic carbocycles. The lowest BCUT2D eigenvalue weighted by Crippen LogP contribution is -2.18. The van der Waals surface area contributed by atoms with E-state index in [9.17, 15) is 0 Å². The molecule has 0 bridgehead atoms. The van der Waals surface area contributed by atoms with E-state index in [1.807, 2.05) is 13.0 Å². The van der Waals surface area contributed by atoms with Gasteiger partial charge in [0.15, 0.2) is 0 Å². The van der Waals surface area contributed by atoms with Crippen LogP contribution in [0.15, 0.2) is 23.4 Å². The van der Waals surface area contributed by atoms with Gasteiger partial charge in [0.1, 0.15) is 0 Å². The highest BCUT2D eigenvalue weighted by atomic mass is 15.2. The first-order valence-electron chi connectivity index (χ1n) is 3.51. The number of nitrogens with two attached hydrogens (primary N) is 1. The maximum absolute atomic E-state index is 5.15. The summed E-state index contributed by atoms with van der Waals surface area (Å²) < 4.78 is 0. The lowest BCUT2D eigenvalue weighted by molar-refractivity contribution is 0.885. The summed E-state index contributed by atoms with van der Waals surface area (Å²) >= 11 is 0. The van der Waals surface area contributed by atoms with Crippen molar-refractivity contribution in [1.82, 2.24) is 5.43 Å². The summed E-state index contributed by atoms with van der Waals surface area (Å²) in [7, 11) is 0. The number of hydrogen-bond donors (Lipinski definition) is 2. The zero-order chi connectivity index (χ0) is 7.98. The van der Waals surface area contributed by atoms with Crippen LogP contribution < -0.4 is 11.3 Å². The zero-order valence-electron chi connectivity index (χ0n) is 6.94. The fraction of sp³-hybridized carbons (Fsp3) is 0.500. The number of rotatable bonds is 3. The van der Waals surface area contributed by atoms with E-state index in [2.05, 4.69) is 25.3 Å². The number of hydrogen-bond acceptors (Lipinski definition) is 2. The third-order valence-electron chi connectivity index (χ3n) is 1.40. The Morgan fingerprint density at radius 3 is 2.40 bits per heavy atom. The summed E-state index contributed by atoms with van der Waals surface area (Å²) in [5.41, 5.74) is 4.90. The van der Waals surface area contributed by atoms with Crippen molar-refractivity contribution >= 4 is 0 Å². The van der Waals surface area contributed by atoms with Crippen LogP contribution in [0.2, 0.25) is 0 Å². The van der Waals surface area contributed by atoms with Gasteiger partial charge in [-0.2, -0.15) is 0 Å². The Kier molecular flexibility index (Phi) is 4.67. The third kappa shape index (κ3) is 4.15. The molecule has 0 aromatic heterocycles. The van der Waals surface area contributed by atoms with Gasteiger partial charge in [-0.25, -0.2) is 0 Å². The molecule has 0 amide bonds. The highest BCUT2D eigenvalue weighted by Gasteiger charge is 1.81. The predicted octanol–water partition coefficient (Wildman–Crippen LogP) is 1.71. The SMILES string of the molecule is CC/C(C)=C\C=C(\C)NN. The second-order valence-electron chi connectivity index (χ2n) is 2.36. The fourth-order valence-electron chi connectivity index (χ4n) is 0.433. The molecule has 3 N–H and O–H groups in total. The molecule has 2 nitrogen and oxygen atoms in total. The second kappa shape index (κ2) is 5.06. The van der Waals surface area contributed by atoms with Gasteiger partial charge in [-0.15, -0.1) is 0 Å². The Bertz CT molecular complexity index is 127. The number of hydrazine groups is 1. The highest BCUT2D eigenvalue weighted by molar-refractivity contribution is 5.13. The average Bonchev–Trinajstić information content (AvgIpc) is 1.99. The lowest BCUT2D eigenvalue weighted by Gasteiger charge is -1.95. The minimum Gasteiger partial charge on any atom is -0.329 e. The summed E-state index contributed by atoms with van der Waals surface area (Å²) in [4.78, 5) is 0. The van der Waals surface area contributed by atoms with E-state index < -0.39 is 0 Å². The van der Waals surface area contributed by atoms with Crippen LogP contribution in [0.5, 0.6) is 0 Å². The van der Waals surface area contributed by atoms with Crippen LogP contribution in [0, 0.1) is 0 Å². The minimum absolute atomic E-state index is 0.979. The summed E-state index contributed by atoms with van der Waals surface area (Å²) in [5.74, 6) is 5.15. The Hall–Kier alpha value is -0.760. The van der Waals surface area contributed by atoms with Crippen LogP contribution >= 0.6 is 0 Å². The maximum Gasteiger partial charge on any atom is 0.0228 e. The average molecular weight is 140 g/mol. The Balaban J connectivity index is 3.91. The van der Waals surface area contributed by atoms with E-state index in [-0.39, 0.29) is 0 Å². The van der Waals surface area contributed by atoms with Gasteiger partial charge in [0.05, 0.1) is 0 Å². The smallest absolute Gasteiger partial charge is 0.0228 e. The minimum atomic E-state index is 0.979. The van der Waals surface area contributed by atoms with Crippen LogP contribution in [0.25, 0.3) is 0 Å². The molecule has 10 heavy (non-hydrogen) atoms. The van der Waals surface area contributed by atoms with E-state index in [0.29, 0.717) is 0 Å². The normalized spacial score (nSPS) is 13.6. The number of allylic oxidation sites excluding steroid dienone is 4. The lowest BCUT2D eigenvalue weighted by atomic mass is 10.2. The molecule has 2 heteroatoms. The first-order chi connectivity index (χ1) is 4.70.